The minimum absolute atomic E-state index is 0.229. The zero-order chi connectivity index (χ0) is 31.0. The number of ether oxygens (including phenoxy) is 1. The molecule has 0 aliphatic carbocycles. The molecule has 0 unspecified atom stereocenters. The molecule has 0 bridgehead atoms. The van der Waals surface area contributed by atoms with Crippen molar-refractivity contribution in [1.82, 2.24) is 25.1 Å². The first kappa shape index (κ1) is 31.7. The Balaban J connectivity index is 0.000000403. The van der Waals surface area contributed by atoms with Gasteiger partial charge in [0.15, 0.2) is 5.82 Å². The van der Waals surface area contributed by atoms with Gasteiger partial charge in [-0.2, -0.15) is 13.2 Å². The summed E-state index contributed by atoms with van der Waals surface area (Å²) >= 11 is 0. The van der Waals surface area contributed by atoms with Crippen molar-refractivity contribution in [2.45, 2.75) is 32.4 Å². The summed E-state index contributed by atoms with van der Waals surface area (Å²) in [5.74, 6) is 0.954. The van der Waals surface area contributed by atoms with E-state index in [1.807, 2.05) is 20.8 Å². The topological polar surface area (TPSA) is 131 Å². The quantitative estimate of drug-likeness (QED) is 0.275. The number of halogens is 3. The minimum Gasteiger partial charge on any atom is -0.395 e. The van der Waals surface area contributed by atoms with Crippen molar-refractivity contribution in [3.05, 3.63) is 72.1 Å². The van der Waals surface area contributed by atoms with Crippen LogP contribution in [0.4, 0.5) is 29.5 Å². The number of rotatable bonds is 6. The second kappa shape index (κ2) is 13.8. The number of hydrogen-bond acceptors (Lipinski definition) is 8. The summed E-state index contributed by atoms with van der Waals surface area (Å²) in [6.07, 6.45) is -2.79. The van der Waals surface area contributed by atoms with E-state index in [2.05, 4.69) is 31.0 Å². The van der Waals surface area contributed by atoms with Crippen molar-refractivity contribution in [3.8, 4) is 16.9 Å². The molecule has 43 heavy (non-hydrogen) atoms. The molecule has 5 rings (SSSR count). The van der Waals surface area contributed by atoms with Gasteiger partial charge in [0.25, 0.3) is 0 Å². The molecule has 0 spiro atoms. The molecule has 0 saturated carbocycles. The number of carbonyl (C=O) groups excluding carboxylic acids is 1. The van der Waals surface area contributed by atoms with E-state index in [9.17, 15) is 18.0 Å². The fourth-order valence-electron chi connectivity index (χ4n) is 3.98. The molecule has 1 fully saturated rings. The molecule has 2 aromatic heterocycles. The van der Waals surface area contributed by atoms with E-state index in [1.54, 1.807) is 36.5 Å². The van der Waals surface area contributed by atoms with Gasteiger partial charge >= 0.3 is 12.2 Å². The molecule has 3 heterocycles. The first-order valence-electron chi connectivity index (χ1n) is 13.6. The number of amides is 2. The Hall–Kier alpha value is -4.27. The number of β-amino-alcohol motifs (C(OH)–C–C–N with tert-alkyl or cyclic N) is 1. The molecule has 2 aromatic carbocycles. The smallest absolute Gasteiger partial charge is 0.395 e. The Kier molecular flexibility index (Phi) is 10.2. The van der Waals surface area contributed by atoms with Crippen LogP contribution in [0.5, 0.6) is 0 Å². The van der Waals surface area contributed by atoms with Crippen LogP contribution < -0.4 is 10.6 Å². The third-order valence-electron chi connectivity index (χ3n) is 6.40. The lowest BCUT2D eigenvalue weighted by atomic mass is 9.93. The number of hydrogen-bond donors (Lipinski definition) is 3. The molecular weight excluding hydrogens is 567 g/mol. The number of alkyl halides is 3. The fraction of sp³-hybridized carbons (Fsp3) is 0.379. The highest BCUT2D eigenvalue weighted by molar-refractivity contribution is 5.99. The first-order chi connectivity index (χ1) is 20.4. The van der Waals surface area contributed by atoms with E-state index in [1.165, 1.54) is 16.8 Å². The number of carbonyl (C=O) groups is 1. The Labute approximate surface area is 246 Å². The molecule has 0 atom stereocenters. The van der Waals surface area contributed by atoms with Gasteiger partial charge in [-0.3, -0.25) is 10.2 Å². The van der Waals surface area contributed by atoms with Gasteiger partial charge in [0.05, 0.1) is 37.3 Å². The number of urea groups is 1. The SMILES string of the molecule is CC(C)(C)c1cc(NC(=O)Nc2ccc(-c3cn(-c4ccc(C(F)(F)F)cc4)nn3)cc2)no1.OCCN1CCOCC1. The number of nitrogens with one attached hydrogen (secondary N) is 2. The number of anilines is 2. The first-order valence-corrected chi connectivity index (χ1v) is 13.6. The van der Waals surface area contributed by atoms with Gasteiger partial charge < -0.3 is 19.7 Å². The summed E-state index contributed by atoms with van der Waals surface area (Å²) in [5.41, 5.74) is 1.26. The van der Waals surface area contributed by atoms with Crippen LogP contribution in [-0.4, -0.2) is 75.6 Å². The average Bonchev–Trinajstić information content (AvgIpc) is 3.65. The molecule has 230 valence electrons. The van der Waals surface area contributed by atoms with Crippen molar-refractivity contribution in [3.63, 3.8) is 0 Å². The fourth-order valence-corrected chi connectivity index (χ4v) is 3.98. The lowest BCUT2D eigenvalue weighted by Crippen LogP contribution is -2.37. The van der Waals surface area contributed by atoms with Crippen LogP contribution in [0.3, 0.4) is 0 Å². The lowest BCUT2D eigenvalue weighted by Gasteiger charge is -2.25. The van der Waals surface area contributed by atoms with Crippen molar-refractivity contribution in [2.75, 3.05) is 50.1 Å². The maximum atomic E-state index is 12.7. The maximum absolute atomic E-state index is 12.7. The van der Waals surface area contributed by atoms with E-state index in [0.717, 1.165) is 50.5 Å². The monoisotopic (exact) mass is 601 g/mol. The maximum Gasteiger partial charge on any atom is 0.416 e. The summed E-state index contributed by atoms with van der Waals surface area (Å²) in [4.78, 5) is 14.4. The summed E-state index contributed by atoms with van der Waals surface area (Å²) in [7, 11) is 0. The number of aliphatic hydroxyl groups excluding tert-OH is 1. The van der Waals surface area contributed by atoms with Gasteiger partial charge in [-0.05, 0) is 36.4 Å². The Morgan fingerprint density at radius 1 is 1.00 bits per heavy atom. The van der Waals surface area contributed by atoms with Crippen LogP contribution >= 0.6 is 0 Å². The molecule has 4 aromatic rings. The second-order valence-electron chi connectivity index (χ2n) is 10.8. The summed E-state index contributed by atoms with van der Waals surface area (Å²) in [6.45, 7) is 10.6. The van der Waals surface area contributed by atoms with E-state index < -0.39 is 17.8 Å². The zero-order valence-corrected chi connectivity index (χ0v) is 24.1. The predicted molar refractivity (Wildman–Crippen MR) is 154 cm³/mol. The summed E-state index contributed by atoms with van der Waals surface area (Å²) in [5, 5.41) is 25.7. The van der Waals surface area contributed by atoms with Crippen LogP contribution in [0.1, 0.15) is 32.1 Å². The van der Waals surface area contributed by atoms with E-state index in [-0.39, 0.29) is 12.0 Å². The van der Waals surface area contributed by atoms with Crippen molar-refractivity contribution < 1.29 is 32.3 Å². The van der Waals surface area contributed by atoms with Gasteiger partial charge in [-0.25, -0.2) is 9.48 Å². The number of morpholine rings is 1. The number of aliphatic hydroxyl groups is 1. The van der Waals surface area contributed by atoms with Crippen LogP contribution in [0, 0.1) is 0 Å². The molecule has 1 aliphatic rings. The van der Waals surface area contributed by atoms with Gasteiger partial charge in [-0.1, -0.05) is 43.3 Å². The minimum atomic E-state index is -4.40. The largest absolute Gasteiger partial charge is 0.416 e. The molecule has 11 nitrogen and oxygen atoms in total. The Bertz CT molecular complexity index is 1450. The molecule has 1 aliphatic heterocycles. The molecular formula is C29H34F3N7O4. The van der Waals surface area contributed by atoms with Crippen LogP contribution in [0.15, 0.2) is 65.3 Å². The highest BCUT2D eigenvalue weighted by Crippen LogP contribution is 2.30. The molecule has 3 N–H and O–H groups in total. The van der Waals surface area contributed by atoms with Crippen LogP contribution in [0.25, 0.3) is 16.9 Å². The standard InChI is InChI=1S/C23H21F3N6O2.C6H13NO2/c1-22(2,3)19-12-20(30-34-19)28-21(33)27-16-8-4-14(5-9-16)18-13-32(31-29-18)17-10-6-15(7-11-17)23(24,25)26;8-4-1-7-2-5-9-6-3-7/h4-13H,1-3H3,(H2,27,28,30,33);8H,1-6H2. The number of benzene rings is 2. The van der Waals surface area contributed by atoms with Gasteiger partial charge in [-0.15, -0.1) is 5.10 Å². The number of aromatic nitrogens is 4. The Morgan fingerprint density at radius 3 is 2.26 bits per heavy atom. The van der Waals surface area contributed by atoms with Crippen molar-refractivity contribution in [2.24, 2.45) is 0 Å². The summed E-state index contributed by atoms with van der Waals surface area (Å²) in [6, 6.07) is 12.7. The van der Waals surface area contributed by atoms with Crippen LogP contribution in [-0.2, 0) is 16.3 Å². The highest BCUT2D eigenvalue weighted by Gasteiger charge is 2.30. The van der Waals surface area contributed by atoms with Gasteiger partial charge in [0.1, 0.15) is 11.5 Å². The normalized spacial score (nSPS) is 14.1. The molecule has 0 radical (unpaired) electrons. The van der Waals surface area contributed by atoms with Gasteiger partial charge in [0.2, 0.25) is 0 Å². The summed E-state index contributed by atoms with van der Waals surface area (Å²) < 4.78 is 50.0. The van der Waals surface area contributed by atoms with Gasteiger partial charge in [0, 0.05) is 42.4 Å². The number of nitrogens with zero attached hydrogens (tertiary/aromatic N) is 5. The highest BCUT2D eigenvalue weighted by atomic mass is 19.4. The van der Waals surface area contributed by atoms with E-state index >= 15 is 0 Å². The molecule has 14 heteroatoms. The Morgan fingerprint density at radius 2 is 1.67 bits per heavy atom. The van der Waals surface area contributed by atoms with Crippen LogP contribution in [0.2, 0.25) is 0 Å². The third-order valence-corrected chi connectivity index (χ3v) is 6.40. The third kappa shape index (κ3) is 9.11. The van der Waals surface area contributed by atoms with Crippen molar-refractivity contribution >= 4 is 17.5 Å². The molecule has 1 saturated heterocycles. The zero-order valence-electron chi connectivity index (χ0n) is 24.1. The van der Waals surface area contributed by atoms with E-state index in [4.69, 9.17) is 14.4 Å². The average molecular weight is 602 g/mol. The second-order valence-corrected chi connectivity index (χ2v) is 10.8. The molecule has 2 amide bonds. The van der Waals surface area contributed by atoms with E-state index in [0.29, 0.717) is 28.6 Å². The van der Waals surface area contributed by atoms with Crippen molar-refractivity contribution in [1.29, 1.82) is 0 Å². The predicted octanol–water partition coefficient (Wildman–Crippen LogP) is 5.19. The lowest BCUT2D eigenvalue weighted by molar-refractivity contribution is -0.137.